The largest absolute Gasteiger partial charge is 0.476 e. The van der Waals surface area contributed by atoms with Gasteiger partial charge in [0.15, 0.2) is 5.04 Å². The summed E-state index contributed by atoms with van der Waals surface area (Å²) < 4.78 is 0. The zero-order valence-corrected chi connectivity index (χ0v) is 22.7. The number of hydrogen-bond donors (Lipinski definition) is 1. The average molecular weight is 526 g/mol. The second kappa shape index (κ2) is 10.2. The summed E-state index contributed by atoms with van der Waals surface area (Å²) in [7, 11) is 0. The smallest absolute Gasteiger partial charge is 0.361 e. The van der Waals surface area contributed by atoms with Gasteiger partial charge in [-0.1, -0.05) is 55.6 Å². The van der Waals surface area contributed by atoms with Crippen LogP contribution in [-0.2, 0) is 4.79 Å². The lowest BCUT2D eigenvalue weighted by atomic mass is 9.80. The molecule has 2 atom stereocenters. The summed E-state index contributed by atoms with van der Waals surface area (Å²) in [6, 6.07) is 0. The van der Waals surface area contributed by atoms with Crippen molar-refractivity contribution in [1.29, 1.82) is 0 Å². The van der Waals surface area contributed by atoms with E-state index in [1.165, 1.54) is 97.7 Å². The first kappa shape index (κ1) is 24.6. The van der Waals surface area contributed by atoms with E-state index in [0.29, 0.717) is 12.5 Å². The minimum atomic E-state index is -0.924. The molecule has 0 spiro atoms. The quantitative estimate of drug-likeness (QED) is 0.479. The number of carboxylic acids is 1. The van der Waals surface area contributed by atoms with E-state index in [-0.39, 0.29) is 11.0 Å². The summed E-state index contributed by atoms with van der Waals surface area (Å²) >= 11 is 8.26. The average Bonchev–Trinajstić information content (AvgIpc) is 3.35. The van der Waals surface area contributed by atoms with Crippen LogP contribution in [0.25, 0.3) is 0 Å². The summed E-state index contributed by atoms with van der Waals surface area (Å²) in [5.41, 5.74) is 6.61. The van der Waals surface area contributed by atoms with Crippen molar-refractivity contribution in [2.24, 2.45) is 22.7 Å². The van der Waals surface area contributed by atoms with E-state index in [1.54, 1.807) is 0 Å². The first-order valence-corrected chi connectivity index (χ1v) is 14.9. The van der Waals surface area contributed by atoms with Crippen molar-refractivity contribution < 1.29 is 9.90 Å². The predicted molar refractivity (Wildman–Crippen MR) is 148 cm³/mol. The Bertz CT molecular complexity index is 1140. The van der Waals surface area contributed by atoms with Crippen LogP contribution in [0.15, 0.2) is 61.1 Å². The molecule has 6 rings (SSSR count). The number of nitrogens with zero attached hydrogens (tertiary/aromatic N) is 3. The van der Waals surface area contributed by atoms with Crippen molar-refractivity contribution in [2.75, 3.05) is 39.3 Å². The third-order valence-corrected chi connectivity index (χ3v) is 10.2. The topological polar surface area (TPSA) is 56.1 Å². The van der Waals surface area contributed by atoms with E-state index in [1.807, 2.05) is 0 Å². The minimum absolute atomic E-state index is 0.0932. The molecule has 2 fully saturated rings. The fourth-order valence-electron chi connectivity index (χ4n) is 7.03. The maximum atomic E-state index is 11.9. The number of carboxylic acid groups (broad SMARTS) is 1. The Balaban J connectivity index is 1.40. The van der Waals surface area contributed by atoms with Crippen LogP contribution >= 0.6 is 23.4 Å². The van der Waals surface area contributed by atoms with Gasteiger partial charge >= 0.3 is 5.97 Å². The number of carbonyl (C=O) groups is 1. The highest BCUT2D eigenvalue weighted by molar-refractivity contribution is 8.19. The molecule has 3 heterocycles. The summed E-state index contributed by atoms with van der Waals surface area (Å²) in [5, 5.41) is 10.9. The molecule has 192 valence electrons. The molecule has 3 aliphatic carbocycles. The zero-order valence-electron chi connectivity index (χ0n) is 21.1. The van der Waals surface area contributed by atoms with Crippen LogP contribution in [0.1, 0.15) is 51.9 Å². The van der Waals surface area contributed by atoms with Crippen molar-refractivity contribution in [3.8, 4) is 0 Å². The minimum Gasteiger partial charge on any atom is -0.476 e. The second-order valence-electron chi connectivity index (χ2n) is 11.3. The van der Waals surface area contributed by atoms with Crippen LogP contribution in [0, 0.1) is 17.8 Å². The van der Waals surface area contributed by atoms with E-state index in [0.717, 1.165) is 35.5 Å². The van der Waals surface area contributed by atoms with Crippen molar-refractivity contribution in [3.63, 3.8) is 0 Å². The second-order valence-corrected chi connectivity index (χ2v) is 12.7. The van der Waals surface area contributed by atoms with Gasteiger partial charge in [-0.25, -0.2) is 4.79 Å². The van der Waals surface area contributed by atoms with Gasteiger partial charge in [-0.3, -0.25) is 4.99 Å². The number of hydrogen-bond acceptors (Lipinski definition) is 5. The molecule has 1 saturated heterocycles. The Kier molecular flexibility index (Phi) is 6.95. The molecule has 0 amide bonds. The van der Waals surface area contributed by atoms with Crippen LogP contribution in [0.2, 0.25) is 0 Å². The molecule has 6 aliphatic rings. The summed E-state index contributed by atoms with van der Waals surface area (Å²) in [4.78, 5) is 22.6. The highest BCUT2D eigenvalue weighted by Gasteiger charge is 2.44. The Morgan fingerprint density at radius 2 is 1.97 bits per heavy atom. The van der Waals surface area contributed by atoms with Crippen molar-refractivity contribution in [2.45, 2.75) is 51.9 Å². The fraction of sp³-hybridized carbons (Fsp3) is 0.586. The molecule has 0 aromatic carbocycles. The highest BCUT2D eigenvalue weighted by Crippen LogP contribution is 2.58. The number of allylic oxidation sites excluding steroid dienone is 7. The van der Waals surface area contributed by atoms with Crippen LogP contribution in [0.5, 0.6) is 0 Å². The number of fused-ring (bicyclic) bond motifs is 4. The zero-order chi connectivity index (χ0) is 24.8. The van der Waals surface area contributed by atoms with Gasteiger partial charge in [0.05, 0.1) is 6.54 Å². The SMILES string of the molecule is CC1CCCN(CCN2C=C3C(=C(C4CCCCC4)C4=CC=C(Cl)C34)C3=C(CN=C(C(=O)O)S3)C2)C1. The van der Waals surface area contributed by atoms with Crippen LogP contribution < -0.4 is 0 Å². The van der Waals surface area contributed by atoms with E-state index < -0.39 is 5.97 Å². The monoisotopic (exact) mass is 525 g/mol. The van der Waals surface area contributed by atoms with Crippen molar-refractivity contribution >= 4 is 34.4 Å². The third-order valence-electron chi connectivity index (χ3n) is 8.71. The van der Waals surface area contributed by atoms with Crippen LogP contribution in [-0.4, -0.2) is 65.2 Å². The molecule has 5 nitrogen and oxygen atoms in total. The van der Waals surface area contributed by atoms with Gasteiger partial charge in [0.25, 0.3) is 0 Å². The molecule has 0 aromatic rings. The first-order chi connectivity index (χ1) is 17.5. The molecule has 2 unspecified atom stereocenters. The molecule has 36 heavy (non-hydrogen) atoms. The summed E-state index contributed by atoms with van der Waals surface area (Å²) in [5.74, 6) is 0.460. The standard InChI is InChI=1S/C29H36ClN3O2S/c1-18-6-5-11-32(15-18)12-13-33-16-20-14-31-28(29(34)35)36-27(20)26-22(17-33)25-21(9-10-23(25)30)24(26)19-7-3-2-4-8-19/h9-10,17-19,25H,2-8,11-16H2,1H3,(H,34,35). The first-order valence-electron chi connectivity index (χ1n) is 13.7. The summed E-state index contributed by atoms with van der Waals surface area (Å²) in [6.07, 6.45) is 15.6. The molecule has 3 aliphatic heterocycles. The molecule has 0 bridgehead atoms. The third kappa shape index (κ3) is 4.54. The van der Waals surface area contributed by atoms with Crippen molar-refractivity contribution in [3.05, 3.63) is 56.2 Å². The Morgan fingerprint density at radius 1 is 1.14 bits per heavy atom. The molecular formula is C29H36ClN3O2S. The number of aliphatic imine (C=N–C) groups is 1. The highest BCUT2D eigenvalue weighted by atomic mass is 35.5. The maximum absolute atomic E-state index is 11.9. The van der Waals surface area contributed by atoms with Crippen molar-refractivity contribution in [1.82, 2.24) is 9.80 Å². The van der Waals surface area contributed by atoms with Gasteiger partial charge in [-0.15, -0.1) is 0 Å². The van der Waals surface area contributed by atoms with Crippen LogP contribution in [0.3, 0.4) is 0 Å². The molecule has 0 aromatic heterocycles. The van der Waals surface area contributed by atoms with E-state index in [2.05, 4.69) is 40.1 Å². The molecule has 1 N–H and O–H groups in total. The summed E-state index contributed by atoms with van der Waals surface area (Å²) in [6.45, 7) is 8.02. The van der Waals surface area contributed by atoms with Gasteiger partial charge in [0.2, 0.25) is 0 Å². The van der Waals surface area contributed by atoms with Gasteiger partial charge in [0, 0.05) is 48.2 Å². The Labute approximate surface area is 223 Å². The van der Waals surface area contributed by atoms with Gasteiger partial charge in [-0.05, 0) is 78.0 Å². The van der Waals surface area contributed by atoms with E-state index in [9.17, 15) is 9.90 Å². The fourth-order valence-corrected chi connectivity index (χ4v) is 8.34. The van der Waals surface area contributed by atoms with Gasteiger partial charge in [0.1, 0.15) is 0 Å². The molecular weight excluding hydrogens is 490 g/mol. The van der Waals surface area contributed by atoms with E-state index >= 15 is 0 Å². The van der Waals surface area contributed by atoms with E-state index in [4.69, 9.17) is 11.6 Å². The van der Waals surface area contributed by atoms with Gasteiger partial charge < -0.3 is 14.9 Å². The molecule has 7 heteroatoms. The number of piperidine rings is 1. The number of likely N-dealkylation sites (tertiary alicyclic amines) is 1. The Hall–Kier alpha value is -1.76. The number of halogens is 1. The van der Waals surface area contributed by atoms with Crippen LogP contribution in [0.4, 0.5) is 0 Å². The lowest BCUT2D eigenvalue weighted by Crippen LogP contribution is -2.39. The maximum Gasteiger partial charge on any atom is 0.361 e. The number of thioether (sulfide) groups is 1. The Morgan fingerprint density at radius 3 is 2.75 bits per heavy atom. The molecule has 1 saturated carbocycles. The molecule has 0 radical (unpaired) electrons. The normalized spacial score (nSPS) is 29.2. The van der Waals surface area contributed by atoms with Gasteiger partial charge in [-0.2, -0.15) is 0 Å². The lowest BCUT2D eigenvalue weighted by Gasteiger charge is -2.33. The lowest BCUT2D eigenvalue weighted by molar-refractivity contribution is -0.129. The number of aliphatic carboxylic acids is 1. The number of rotatable bonds is 5. The predicted octanol–water partition coefficient (Wildman–Crippen LogP) is 5.97.